The van der Waals surface area contributed by atoms with E-state index in [1.165, 1.54) is 11.8 Å². The smallest absolute Gasteiger partial charge is 0.237 e. The topological polar surface area (TPSA) is 81.9 Å². The van der Waals surface area contributed by atoms with E-state index in [1.54, 1.807) is 4.68 Å². The monoisotopic (exact) mass is 383 g/mol. The van der Waals surface area contributed by atoms with Crippen LogP contribution in [0.3, 0.4) is 0 Å². The molecule has 0 saturated carbocycles. The van der Waals surface area contributed by atoms with Crippen molar-refractivity contribution in [3.63, 3.8) is 0 Å². The summed E-state index contributed by atoms with van der Waals surface area (Å²) in [5.41, 5.74) is 2.73. The van der Waals surface area contributed by atoms with Crippen LogP contribution in [0.4, 0.5) is 5.69 Å². The van der Waals surface area contributed by atoms with E-state index >= 15 is 0 Å². The molecular formula is C19H21N5O2S. The lowest BCUT2D eigenvalue weighted by molar-refractivity contribution is -0.115. The number of hydrogen-bond donors (Lipinski definition) is 1. The Morgan fingerprint density at radius 2 is 1.89 bits per heavy atom. The number of nitrogens with one attached hydrogen (secondary N) is 1. The number of thioether (sulfide) groups is 1. The highest BCUT2D eigenvalue weighted by Crippen LogP contribution is 2.24. The molecule has 0 bridgehead atoms. The van der Waals surface area contributed by atoms with Crippen molar-refractivity contribution in [1.29, 1.82) is 0 Å². The molecule has 0 aliphatic rings. The lowest BCUT2D eigenvalue weighted by Crippen LogP contribution is -2.22. The molecule has 140 valence electrons. The second-order valence-electron chi connectivity index (χ2n) is 5.92. The first-order valence-corrected chi connectivity index (χ1v) is 9.50. The van der Waals surface area contributed by atoms with Gasteiger partial charge in [0, 0.05) is 5.69 Å². The summed E-state index contributed by atoms with van der Waals surface area (Å²) in [5, 5.41) is 14.9. The summed E-state index contributed by atoms with van der Waals surface area (Å²) in [6.45, 7) is 6.38. The predicted molar refractivity (Wildman–Crippen MR) is 105 cm³/mol. The van der Waals surface area contributed by atoms with Crippen LogP contribution in [-0.2, 0) is 4.79 Å². The molecule has 0 saturated heterocycles. The highest BCUT2D eigenvalue weighted by Gasteiger charge is 2.19. The molecule has 1 atom stereocenters. The number of tetrazole rings is 1. The van der Waals surface area contributed by atoms with Crippen molar-refractivity contribution in [3.8, 4) is 11.4 Å². The fraction of sp³-hybridized carbons (Fsp3) is 0.263. The Hall–Kier alpha value is -2.87. The minimum Gasteiger partial charge on any atom is -0.494 e. The van der Waals surface area contributed by atoms with E-state index in [9.17, 15) is 4.79 Å². The lowest BCUT2D eigenvalue weighted by atomic mass is 10.2. The maximum Gasteiger partial charge on any atom is 0.237 e. The van der Waals surface area contributed by atoms with E-state index in [4.69, 9.17) is 4.74 Å². The average molecular weight is 383 g/mol. The van der Waals surface area contributed by atoms with Crippen LogP contribution in [0.5, 0.6) is 5.75 Å². The minimum absolute atomic E-state index is 0.123. The molecule has 2 aromatic carbocycles. The first-order valence-electron chi connectivity index (χ1n) is 8.62. The zero-order valence-corrected chi connectivity index (χ0v) is 16.2. The average Bonchev–Trinajstić information content (AvgIpc) is 3.12. The van der Waals surface area contributed by atoms with Gasteiger partial charge >= 0.3 is 0 Å². The number of rotatable bonds is 7. The number of carbonyl (C=O) groups is 1. The minimum atomic E-state index is -0.369. The van der Waals surface area contributed by atoms with Crippen molar-refractivity contribution in [2.24, 2.45) is 0 Å². The Balaban J connectivity index is 1.65. The second kappa shape index (κ2) is 8.68. The number of anilines is 1. The molecule has 1 N–H and O–H groups in total. The van der Waals surface area contributed by atoms with Crippen molar-refractivity contribution in [1.82, 2.24) is 20.2 Å². The number of aryl methyl sites for hydroxylation is 1. The van der Waals surface area contributed by atoms with Gasteiger partial charge in [0.1, 0.15) is 5.75 Å². The molecule has 27 heavy (non-hydrogen) atoms. The van der Waals surface area contributed by atoms with Crippen LogP contribution in [0.1, 0.15) is 19.4 Å². The van der Waals surface area contributed by atoms with Gasteiger partial charge in [-0.2, -0.15) is 4.68 Å². The molecule has 0 radical (unpaired) electrons. The number of hydrogen-bond acceptors (Lipinski definition) is 6. The second-order valence-corrected chi connectivity index (χ2v) is 7.22. The van der Waals surface area contributed by atoms with Crippen molar-refractivity contribution in [2.45, 2.75) is 31.2 Å². The van der Waals surface area contributed by atoms with E-state index in [0.717, 1.165) is 17.0 Å². The summed E-state index contributed by atoms with van der Waals surface area (Å²) < 4.78 is 7.03. The summed E-state index contributed by atoms with van der Waals surface area (Å²) >= 11 is 1.30. The SMILES string of the molecule is CCOc1ccc(NC(=O)[C@@H](C)Sc2nnnn2-c2ccc(C)cc2)cc1. The fourth-order valence-electron chi connectivity index (χ4n) is 2.36. The molecule has 0 aliphatic heterocycles. The summed E-state index contributed by atoms with van der Waals surface area (Å²) in [7, 11) is 0. The molecular weight excluding hydrogens is 362 g/mol. The number of nitrogens with zero attached hydrogens (tertiary/aromatic N) is 4. The molecule has 0 spiro atoms. The highest BCUT2D eigenvalue weighted by atomic mass is 32.2. The Labute approximate surface area is 162 Å². The van der Waals surface area contributed by atoms with E-state index in [-0.39, 0.29) is 11.2 Å². The number of aromatic nitrogens is 4. The Kier molecular flexibility index (Phi) is 6.08. The van der Waals surface area contributed by atoms with Crippen LogP contribution in [0.15, 0.2) is 53.7 Å². The van der Waals surface area contributed by atoms with Crippen LogP contribution >= 0.6 is 11.8 Å². The predicted octanol–water partition coefficient (Wildman–Crippen LogP) is 3.49. The Bertz CT molecular complexity index is 893. The number of benzene rings is 2. The van der Waals surface area contributed by atoms with Crippen LogP contribution in [0, 0.1) is 6.92 Å². The van der Waals surface area contributed by atoms with Crippen LogP contribution in [-0.4, -0.2) is 38.0 Å². The van der Waals surface area contributed by atoms with Gasteiger partial charge in [-0.25, -0.2) is 0 Å². The molecule has 1 amide bonds. The molecule has 0 fully saturated rings. The third kappa shape index (κ3) is 4.85. The Morgan fingerprint density at radius 3 is 2.56 bits per heavy atom. The van der Waals surface area contributed by atoms with Gasteiger partial charge in [0.15, 0.2) is 0 Å². The van der Waals surface area contributed by atoms with Gasteiger partial charge in [0.25, 0.3) is 0 Å². The van der Waals surface area contributed by atoms with Gasteiger partial charge in [0.05, 0.1) is 17.5 Å². The quantitative estimate of drug-likeness (QED) is 0.629. The zero-order valence-electron chi connectivity index (χ0n) is 15.4. The summed E-state index contributed by atoms with van der Waals surface area (Å²) in [6.07, 6.45) is 0. The summed E-state index contributed by atoms with van der Waals surface area (Å²) in [4.78, 5) is 12.5. The molecule has 3 rings (SSSR count). The van der Waals surface area contributed by atoms with Crippen molar-refractivity contribution in [3.05, 3.63) is 54.1 Å². The zero-order chi connectivity index (χ0) is 19.2. The van der Waals surface area contributed by atoms with Gasteiger partial charge in [-0.15, -0.1) is 5.10 Å². The van der Waals surface area contributed by atoms with Crippen LogP contribution in [0.2, 0.25) is 0 Å². The van der Waals surface area contributed by atoms with Crippen molar-refractivity contribution >= 4 is 23.4 Å². The van der Waals surface area contributed by atoms with Crippen LogP contribution in [0.25, 0.3) is 5.69 Å². The van der Waals surface area contributed by atoms with E-state index in [2.05, 4.69) is 20.8 Å². The first kappa shape index (κ1) is 18.9. The van der Waals surface area contributed by atoms with Crippen molar-refractivity contribution in [2.75, 3.05) is 11.9 Å². The molecule has 0 aliphatic carbocycles. The highest BCUT2D eigenvalue weighted by molar-refractivity contribution is 8.00. The largest absolute Gasteiger partial charge is 0.494 e. The molecule has 1 aromatic heterocycles. The number of ether oxygens (including phenoxy) is 1. The van der Waals surface area contributed by atoms with Crippen molar-refractivity contribution < 1.29 is 9.53 Å². The normalized spacial score (nSPS) is 11.8. The third-order valence-electron chi connectivity index (χ3n) is 3.80. The van der Waals surface area contributed by atoms with Crippen LogP contribution < -0.4 is 10.1 Å². The third-order valence-corrected chi connectivity index (χ3v) is 4.84. The summed E-state index contributed by atoms with van der Waals surface area (Å²) in [5.74, 6) is 0.651. The Morgan fingerprint density at radius 1 is 1.19 bits per heavy atom. The van der Waals surface area contributed by atoms with Gasteiger partial charge in [0.2, 0.25) is 11.1 Å². The van der Waals surface area contributed by atoms with E-state index in [1.807, 2.05) is 69.3 Å². The van der Waals surface area contributed by atoms with Gasteiger partial charge in [-0.3, -0.25) is 4.79 Å². The number of carbonyl (C=O) groups excluding carboxylic acids is 1. The van der Waals surface area contributed by atoms with E-state index in [0.29, 0.717) is 17.5 Å². The molecule has 0 unspecified atom stereocenters. The molecule has 3 aromatic rings. The van der Waals surface area contributed by atoms with Gasteiger partial charge < -0.3 is 10.1 Å². The molecule has 7 nitrogen and oxygen atoms in total. The maximum atomic E-state index is 12.5. The number of amides is 1. The summed E-state index contributed by atoms with van der Waals surface area (Å²) in [6, 6.07) is 15.2. The molecule has 1 heterocycles. The maximum absolute atomic E-state index is 12.5. The molecule has 8 heteroatoms. The van der Waals surface area contributed by atoms with Gasteiger partial charge in [-0.05, 0) is 67.6 Å². The lowest BCUT2D eigenvalue weighted by Gasteiger charge is -2.12. The fourth-order valence-corrected chi connectivity index (χ4v) is 3.16. The van der Waals surface area contributed by atoms with E-state index < -0.39 is 0 Å². The van der Waals surface area contributed by atoms with Gasteiger partial charge in [-0.1, -0.05) is 29.5 Å². The first-order chi connectivity index (χ1) is 13.1. The standard InChI is InChI=1S/C19H21N5O2S/c1-4-26-17-11-7-15(8-12-17)20-18(25)14(3)27-19-21-22-23-24(19)16-9-5-13(2)6-10-16/h5-12,14H,4H2,1-3H3,(H,20,25)/t14-/m1/s1.